The van der Waals surface area contributed by atoms with Crippen LogP contribution in [-0.4, -0.2) is 37.9 Å². The average molecular weight is 302 g/mol. The molecule has 1 saturated heterocycles. The van der Waals surface area contributed by atoms with Crippen molar-refractivity contribution in [3.8, 4) is 5.75 Å². The van der Waals surface area contributed by atoms with Gasteiger partial charge in [-0.05, 0) is 51.5 Å². The minimum atomic E-state index is -4.64. The first kappa shape index (κ1) is 16.1. The van der Waals surface area contributed by atoms with Gasteiger partial charge in [-0.15, -0.1) is 13.2 Å². The van der Waals surface area contributed by atoms with E-state index in [2.05, 4.69) is 15.0 Å². The lowest BCUT2D eigenvalue weighted by Gasteiger charge is -2.32. The van der Waals surface area contributed by atoms with Crippen molar-refractivity contribution in [2.24, 2.45) is 5.92 Å². The maximum atomic E-state index is 12.4. The van der Waals surface area contributed by atoms with E-state index in [1.165, 1.54) is 6.07 Å². The standard InChI is InChI=1S/C15H21F3N2O/c1-19-10-12-6-8-20(9-7-12)11-13-4-2-3-5-14(13)21-15(16,17)18/h2-5,12,19H,6-11H2,1H3. The molecule has 0 bridgehead atoms. The Labute approximate surface area is 123 Å². The number of likely N-dealkylation sites (tertiary alicyclic amines) is 1. The molecule has 1 aromatic carbocycles. The predicted octanol–water partition coefficient (Wildman–Crippen LogP) is 3.02. The van der Waals surface area contributed by atoms with Crippen molar-refractivity contribution >= 4 is 0 Å². The van der Waals surface area contributed by atoms with Crippen LogP contribution in [0.2, 0.25) is 0 Å². The highest BCUT2D eigenvalue weighted by Crippen LogP contribution is 2.28. The van der Waals surface area contributed by atoms with Crippen LogP contribution in [0.15, 0.2) is 24.3 Å². The predicted molar refractivity (Wildman–Crippen MR) is 75.1 cm³/mol. The van der Waals surface area contributed by atoms with Gasteiger partial charge in [0.05, 0.1) is 0 Å². The second kappa shape index (κ2) is 7.13. The summed E-state index contributed by atoms with van der Waals surface area (Å²) in [5.74, 6) is 0.565. The minimum Gasteiger partial charge on any atom is -0.405 e. The summed E-state index contributed by atoms with van der Waals surface area (Å²) in [5, 5.41) is 3.17. The summed E-state index contributed by atoms with van der Waals surface area (Å²) in [6, 6.07) is 6.37. The average Bonchev–Trinajstić information content (AvgIpc) is 2.42. The highest BCUT2D eigenvalue weighted by atomic mass is 19.4. The Morgan fingerprint density at radius 2 is 1.90 bits per heavy atom. The molecule has 1 N–H and O–H groups in total. The number of halogens is 3. The maximum absolute atomic E-state index is 12.4. The molecule has 0 aliphatic carbocycles. The molecule has 2 rings (SSSR count). The lowest BCUT2D eigenvalue weighted by atomic mass is 9.96. The lowest BCUT2D eigenvalue weighted by Crippen LogP contribution is -2.36. The fraction of sp³-hybridized carbons (Fsp3) is 0.600. The second-order valence-electron chi connectivity index (χ2n) is 5.43. The van der Waals surface area contributed by atoms with E-state index in [0.717, 1.165) is 32.5 Å². The van der Waals surface area contributed by atoms with E-state index in [1.54, 1.807) is 18.2 Å². The molecule has 0 saturated carbocycles. The summed E-state index contributed by atoms with van der Waals surface area (Å²) in [6.07, 6.45) is -2.50. The van der Waals surface area contributed by atoms with Gasteiger partial charge < -0.3 is 10.1 Å². The van der Waals surface area contributed by atoms with Crippen molar-refractivity contribution in [3.05, 3.63) is 29.8 Å². The van der Waals surface area contributed by atoms with Gasteiger partial charge in [0, 0.05) is 12.1 Å². The molecule has 1 aliphatic rings. The van der Waals surface area contributed by atoms with Crippen molar-refractivity contribution in [1.29, 1.82) is 0 Å². The maximum Gasteiger partial charge on any atom is 0.573 e. The molecule has 0 aromatic heterocycles. The molecule has 1 fully saturated rings. The van der Waals surface area contributed by atoms with Gasteiger partial charge in [-0.2, -0.15) is 0 Å². The van der Waals surface area contributed by atoms with E-state index in [4.69, 9.17) is 0 Å². The number of ether oxygens (including phenoxy) is 1. The number of hydrogen-bond acceptors (Lipinski definition) is 3. The molecule has 0 atom stereocenters. The summed E-state index contributed by atoms with van der Waals surface area (Å²) in [7, 11) is 1.94. The van der Waals surface area contributed by atoms with Gasteiger partial charge in [0.1, 0.15) is 5.75 Å². The van der Waals surface area contributed by atoms with E-state index in [-0.39, 0.29) is 5.75 Å². The first-order valence-corrected chi connectivity index (χ1v) is 7.18. The monoisotopic (exact) mass is 302 g/mol. The number of hydrogen-bond donors (Lipinski definition) is 1. The van der Waals surface area contributed by atoms with Crippen LogP contribution in [0, 0.1) is 5.92 Å². The molecule has 21 heavy (non-hydrogen) atoms. The van der Waals surface area contributed by atoms with Crippen LogP contribution in [0.25, 0.3) is 0 Å². The van der Waals surface area contributed by atoms with Crippen molar-refractivity contribution in [2.75, 3.05) is 26.7 Å². The van der Waals surface area contributed by atoms with Crippen LogP contribution < -0.4 is 10.1 Å². The smallest absolute Gasteiger partial charge is 0.405 e. The Morgan fingerprint density at radius 3 is 2.52 bits per heavy atom. The zero-order chi connectivity index (χ0) is 15.3. The van der Waals surface area contributed by atoms with Crippen LogP contribution in [0.5, 0.6) is 5.75 Å². The third kappa shape index (κ3) is 5.21. The number of nitrogens with zero attached hydrogens (tertiary/aromatic N) is 1. The molecular formula is C15H21F3N2O. The highest BCUT2D eigenvalue weighted by molar-refractivity contribution is 5.33. The molecule has 1 aliphatic heterocycles. The number of rotatable bonds is 5. The third-order valence-electron chi connectivity index (χ3n) is 3.79. The van der Waals surface area contributed by atoms with Crippen molar-refractivity contribution in [3.63, 3.8) is 0 Å². The van der Waals surface area contributed by atoms with E-state index >= 15 is 0 Å². The Bertz CT molecular complexity index is 443. The first-order chi connectivity index (χ1) is 9.98. The number of nitrogens with one attached hydrogen (secondary N) is 1. The van der Waals surface area contributed by atoms with Crippen molar-refractivity contribution in [2.45, 2.75) is 25.7 Å². The number of para-hydroxylation sites is 1. The molecular weight excluding hydrogens is 281 g/mol. The Morgan fingerprint density at radius 1 is 1.24 bits per heavy atom. The van der Waals surface area contributed by atoms with Gasteiger partial charge in [0.2, 0.25) is 0 Å². The quantitative estimate of drug-likeness (QED) is 0.905. The topological polar surface area (TPSA) is 24.5 Å². The van der Waals surface area contributed by atoms with E-state index in [0.29, 0.717) is 18.0 Å². The molecule has 3 nitrogen and oxygen atoms in total. The fourth-order valence-electron chi connectivity index (χ4n) is 2.74. The summed E-state index contributed by atoms with van der Waals surface area (Å²) >= 11 is 0. The van der Waals surface area contributed by atoms with Gasteiger partial charge in [-0.25, -0.2) is 0 Å². The lowest BCUT2D eigenvalue weighted by molar-refractivity contribution is -0.275. The zero-order valence-corrected chi connectivity index (χ0v) is 12.1. The van der Waals surface area contributed by atoms with Crippen LogP contribution in [-0.2, 0) is 6.54 Å². The Kier molecular flexibility index (Phi) is 5.47. The number of alkyl halides is 3. The Balaban J connectivity index is 1.94. The molecule has 0 unspecified atom stereocenters. The van der Waals surface area contributed by atoms with Crippen molar-refractivity contribution < 1.29 is 17.9 Å². The van der Waals surface area contributed by atoms with Gasteiger partial charge >= 0.3 is 6.36 Å². The summed E-state index contributed by atoms with van der Waals surface area (Å²) in [4.78, 5) is 2.19. The summed E-state index contributed by atoms with van der Waals surface area (Å²) < 4.78 is 41.3. The normalized spacial score (nSPS) is 17.9. The van der Waals surface area contributed by atoms with E-state index in [9.17, 15) is 13.2 Å². The molecule has 0 amide bonds. The van der Waals surface area contributed by atoms with E-state index < -0.39 is 6.36 Å². The zero-order valence-electron chi connectivity index (χ0n) is 12.1. The van der Waals surface area contributed by atoms with Gasteiger partial charge in [0.15, 0.2) is 0 Å². The molecule has 0 radical (unpaired) electrons. The first-order valence-electron chi connectivity index (χ1n) is 7.18. The van der Waals surface area contributed by atoms with Gasteiger partial charge in [-0.1, -0.05) is 18.2 Å². The third-order valence-corrected chi connectivity index (χ3v) is 3.79. The van der Waals surface area contributed by atoms with Crippen LogP contribution in [0.4, 0.5) is 13.2 Å². The van der Waals surface area contributed by atoms with Crippen LogP contribution in [0.1, 0.15) is 18.4 Å². The molecule has 1 heterocycles. The summed E-state index contributed by atoms with van der Waals surface area (Å²) in [5.41, 5.74) is 0.585. The number of benzene rings is 1. The van der Waals surface area contributed by atoms with Crippen LogP contribution in [0.3, 0.4) is 0 Å². The SMILES string of the molecule is CNCC1CCN(Cc2ccccc2OC(F)(F)F)CC1. The van der Waals surface area contributed by atoms with E-state index in [1.807, 2.05) is 7.05 Å². The minimum absolute atomic E-state index is 0.0950. The molecule has 118 valence electrons. The van der Waals surface area contributed by atoms with Crippen LogP contribution >= 0.6 is 0 Å². The summed E-state index contributed by atoms with van der Waals surface area (Å²) in [6.45, 7) is 3.32. The van der Waals surface area contributed by atoms with Crippen molar-refractivity contribution in [1.82, 2.24) is 10.2 Å². The highest BCUT2D eigenvalue weighted by Gasteiger charge is 2.32. The van der Waals surface area contributed by atoms with Gasteiger partial charge in [0.25, 0.3) is 0 Å². The fourth-order valence-corrected chi connectivity index (χ4v) is 2.74. The Hall–Kier alpha value is -1.27. The molecule has 1 aromatic rings. The van der Waals surface area contributed by atoms with Gasteiger partial charge in [-0.3, -0.25) is 4.90 Å². The number of piperidine rings is 1. The largest absolute Gasteiger partial charge is 0.573 e. The molecule has 6 heteroatoms. The second-order valence-corrected chi connectivity index (χ2v) is 5.43. The molecule has 0 spiro atoms.